The molecule has 1 amide bonds. The number of nitrogens with one attached hydrogen (secondary N) is 2. The highest BCUT2D eigenvalue weighted by atomic mass is 16.5. The number of carbonyl (C=O) groups excluding carboxylic acids is 1. The Labute approximate surface area is 177 Å². The lowest BCUT2D eigenvalue weighted by atomic mass is 10.1. The highest BCUT2D eigenvalue weighted by Gasteiger charge is 2.17. The third kappa shape index (κ3) is 3.44. The highest BCUT2D eigenvalue weighted by molar-refractivity contribution is 6.10. The standard InChI is InChI=1S/C25H19N3O3/c1-28-22(15-20-23(28)19-9-5-6-10-21(19)27-24(20)29)25(30)26-16-11-13-18(14-12-16)31-17-7-3-2-4-8-17/h2-15H,1H3,(H,26,30)(H,27,29). The third-order valence-electron chi connectivity index (χ3n) is 5.23. The van der Waals surface area contributed by atoms with Gasteiger partial charge in [0.25, 0.3) is 11.5 Å². The zero-order chi connectivity index (χ0) is 21.4. The fourth-order valence-electron chi connectivity index (χ4n) is 3.73. The fraction of sp³-hybridized carbons (Fsp3) is 0.0400. The number of para-hydroxylation sites is 2. The van der Waals surface area contributed by atoms with Gasteiger partial charge in [0, 0.05) is 18.1 Å². The van der Waals surface area contributed by atoms with E-state index in [1.165, 1.54) is 0 Å². The first-order chi connectivity index (χ1) is 15.1. The second-order valence-corrected chi connectivity index (χ2v) is 7.24. The van der Waals surface area contributed by atoms with E-state index in [2.05, 4.69) is 10.3 Å². The van der Waals surface area contributed by atoms with Crippen LogP contribution in [0.1, 0.15) is 10.5 Å². The molecule has 0 bridgehead atoms. The van der Waals surface area contributed by atoms with Crippen LogP contribution in [0.4, 0.5) is 5.69 Å². The molecule has 0 radical (unpaired) electrons. The normalized spacial score (nSPS) is 11.0. The number of nitrogens with zero attached hydrogens (tertiary/aromatic N) is 1. The van der Waals surface area contributed by atoms with Crippen molar-refractivity contribution < 1.29 is 9.53 Å². The van der Waals surface area contributed by atoms with Crippen molar-refractivity contribution in [2.45, 2.75) is 0 Å². The average Bonchev–Trinajstić information content (AvgIpc) is 3.14. The van der Waals surface area contributed by atoms with Gasteiger partial charge in [-0.3, -0.25) is 9.59 Å². The second kappa shape index (κ2) is 7.50. The molecule has 0 atom stereocenters. The van der Waals surface area contributed by atoms with E-state index >= 15 is 0 Å². The van der Waals surface area contributed by atoms with Crippen LogP contribution in [0.2, 0.25) is 0 Å². The number of aryl methyl sites for hydroxylation is 1. The number of aromatic amines is 1. The minimum atomic E-state index is -0.293. The van der Waals surface area contributed by atoms with Gasteiger partial charge in [-0.2, -0.15) is 0 Å². The lowest BCUT2D eigenvalue weighted by molar-refractivity contribution is 0.102. The van der Waals surface area contributed by atoms with E-state index in [-0.39, 0.29) is 11.5 Å². The number of pyridine rings is 1. The number of anilines is 1. The van der Waals surface area contributed by atoms with E-state index in [4.69, 9.17) is 4.74 Å². The molecule has 0 aliphatic heterocycles. The van der Waals surface area contributed by atoms with Crippen molar-refractivity contribution in [3.05, 3.63) is 101 Å². The fourth-order valence-corrected chi connectivity index (χ4v) is 3.73. The number of amides is 1. The minimum Gasteiger partial charge on any atom is -0.457 e. The van der Waals surface area contributed by atoms with Gasteiger partial charge < -0.3 is 19.6 Å². The number of fused-ring (bicyclic) bond motifs is 3. The predicted molar refractivity (Wildman–Crippen MR) is 122 cm³/mol. The molecule has 0 spiro atoms. The van der Waals surface area contributed by atoms with Crippen LogP contribution in [0.3, 0.4) is 0 Å². The van der Waals surface area contributed by atoms with E-state index in [1.54, 1.807) is 41.9 Å². The average molecular weight is 409 g/mol. The number of rotatable bonds is 4. The van der Waals surface area contributed by atoms with E-state index in [9.17, 15) is 9.59 Å². The molecule has 2 N–H and O–H groups in total. The molecule has 0 unspecified atom stereocenters. The number of aromatic nitrogens is 2. The summed E-state index contributed by atoms with van der Waals surface area (Å²) < 4.78 is 7.54. The summed E-state index contributed by atoms with van der Waals surface area (Å²) in [5.41, 5.74) is 2.29. The van der Waals surface area contributed by atoms with Crippen LogP contribution in [-0.2, 0) is 7.05 Å². The molecule has 2 heterocycles. The van der Waals surface area contributed by atoms with E-state index in [0.717, 1.165) is 22.2 Å². The maximum Gasteiger partial charge on any atom is 0.272 e. The molecule has 6 nitrogen and oxygen atoms in total. The Bertz CT molecular complexity index is 1470. The van der Waals surface area contributed by atoms with Crippen molar-refractivity contribution >= 4 is 33.4 Å². The van der Waals surface area contributed by atoms with E-state index in [1.807, 2.05) is 54.6 Å². The maximum absolute atomic E-state index is 13.0. The van der Waals surface area contributed by atoms with E-state index < -0.39 is 0 Å². The SMILES string of the molecule is Cn1c(C(=O)Nc2ccc(Oc3ccccc3)cc2)cc2c(=O)[nH]c3ccccc3c21. The summed E-state index contributed by atoms with van der Waals surface area (Å²) in [4.78, 5) is 28.3. The summed E-state index contributed by atoms with van der Waals surface area (Å²) in [7, 11) is 1.79. The lowest BCUT2D eigenvalue weighted by Crippen LogP contribution is -2.15. The molecule has 152 valence electrons. The first-order valence-corrected chi connectivity index (χ1v) is 9.85. The van der Waals surface area contributed by atoms with Crippen LogP contribution in [0.15, 0.2) is 89.7 Å². The second-order valence-electron chi connectivity index (χ2n) is 7.24. The molecular formula is C25H19N3O3. The topological polar surface area (TPSA) is 76.1 Å². The summed E-state index contributed by atoms with van der Waals surface area (Å²) in [5, 5.41) is 4.27. The Morgan fingerprint density at radius 2 is 1.55 bits per heavy atom. The zero-order valence-corrected chi connectivity index (χ0v) is 16.8. The number of carbonyl (C=O) groups is 1. The first-order valence-electron chi connectivity index (χ1n) is 9.85. The molecule has 5 rings (SSSR count). The summed E-state index contributed by atoms with van der Waals surface area (Å²) >= 11 is 0. The summed E-state index contributed by atoms with van der Waals surface area (Å²) in [5.74, 6) is 1.12. The van der Waals surface area contributed by atoms with Crippen LogP contribution >= 0.6 is 0 Å². The Hall–Kier alpha value is -4.32. The minimum absolute atomic E-state index is 0.217. The van der Waals surface area contributed by atoms with Crippen LogP contribution in [0.25, 0.3) is 21.8 Å². The molecule has 2 aromatic heterocycles. The summed E-state index contributed by atoms with van der Waals surface area (Å²) in [6, 6.07) is 25.8. The molecule has 0 aliphatic rings. The molecule has 3 aromatic carbocycles. The van der Waals surface area contributed by atoms with Crippen LogP contribution < -0.4 is 15.6 Å². The summed E-state index contributed by atoms with van der Waals surface area (Å²) in [6.45, 7) is 0. The van der Waals surface area contributed by atoms with Crippen molar-refractivity contribution in [1.82, 2.24) is 9.55 Å². The van der Waals surface area contributed by atoms with Crippen molar-refractivity contribution in [3.8, 4) is 11.5 Å². The number of ether oxygens (including phenoxy) is 1. The molecule has 31 heavy (non-hydrogen) atoms. The maximum atomic E-state index is 13.0. The molecule has 0 fully saturated rings. The predicted octanol–water partition coefficient (Wildman–Crippen LogP) is 5.06. The Balaban J connectivity index is 1.43. The molecular weight excluding hydrogens is 390 g/mol. The lowest BCUT2D eigenvalue weighted by Gasteiger charge is -2.09. The Morgan fingerprint density at radius 3 is 2.32 bits per heavy atom. The first kappa shape index (κ1) is 18.7. The molecule has 0 saturated heterocycles. The van der Waals surface area contributed by atoms with Gasteiger partial charge in [0.05, 0.1) is 16.4 Å². The smallest absolute Gasteiger partial charge is 0.272 e. The van der Waals surface area contributed by atoms with Gasteiger partial charge >= 0.3 is 0 Å². The third-order valence-corrected chi connectivity index (χ3v) is 5.23. The van der Waals surface area contributed by atoms with Crippen molar-refractivity contribution in [2.24, 2.45) is 7.05 Å². The number of hydrogen-bond acceptors (Lipinski definition) is 3. The quantitative estimate of drug-likeness (QED) is 0.435. The number of benzene rings is 3. The molecule has 6 heteroatoms. The van der Waals surface area contributed by atoms with Crippen molar-refractivity contribution in [1.29, 1.82) is 0 Å². The Morgan fingerprint density at radius 1 is 0.871 bits per heavy atom. The van der Waals surface area contributed by atoms with Gasteiger partial charge in [-0.1, -0.05) is 36.4 Å². The molecule has 0 saturated carbocycles. The van der Waals surface area contributed by atoms with Gasteiger partial charge in [0.2, 0.25) is 0 Å². The van der Waals surface area contributed by atoms with Gasteiger partial charge in [0.1, 0.15) is 17.2 Å². The zero-order valence-electron chi connectivity index (χ0n) is 16.8. The largest absolute Gasteiger partial charge is 0.457 e. The number of H-pyrrole nitrogens is 1. The molecule has 0 aliphatic carbocycles. The monoisotopic (exact) mass is 409 g/mol. The van der Waals surface area contributed by atoms with Gasteiger partial charge in [0.15, 0.2) is 0 Å². The Kier molecular flexibility index (Phi) is 4.52. The molecule has 5 aromatic rings. The summed E-state index contributed by atoms with van der Waals surface area (Å²) in [6.07, 6.45) is 0. The van der Waals surface area contributed by atoms with Crippen LogP contribution in [-0.4, -0.2) is 15.5 Å². The van der Waals surface area contributed by atoms with Crippen molar-refractivity contribution in [2.75, 3.05) is 5.32 Å². The van der Waals surface area contributed by atoms with Gasteiger partial charge in [-0.05, 0) is 48.5 Å². The van der Waals surface area contributed by atoms with Crippen molar-refractivity contribution in [3.63, 3.8) is 0 Å². The van der Waals surface area contributed by atoms with Crippen LogP contribution in [0.5, 0.6) is 11.5 Å². The number of hydrogen-bond donors (Lipinski definition) is 2. The van der Waals surface area contributed by atoms with Crippen LogP contribution in [0, 0.1) is 0 Å². The van der Waals surface area contributed by atoms with E-state index in [0.29, 0.717) is 22.5 Å². The highest BCUT2D eigenvalue weighted by Crippen LogP contribution is 2.25. The van der Waals surface area contributed by atoms with Gasteiger partial charge in [-0.25, -0.2) is 0 Å². The van der Waals surface area contributed by atoms with Gasteiger partial charge in [-0.15, -0.1) is 0 Å².